The van der Waals surface area contributed by atoms with E-state index in [0.29, 0.717) is 5.56 Å². The maximum absolute atomic E-state index is 11.5. The molecule has 2 heterocycles. The highest BCUT2D eigenvalue weighted by molar-refractivity contribution is 7.28. The Bertz CT molecular complexity index is 659. The molecule has 0 radical (unpaired) electrons. The molecule has 1 aromatic carbocycles. The molecule has 0 aliphatic carbocycles. The largest absolute Gasteiger partial charge is 0.506 e. The van der Waals surface area contributed by atoms with Gasteiger partial charge in [-0.2, -0.15) is 0 Å². The summed E-state index contributed by atoms with van der Waals surface area (Å²) in [6.07, 6.45) is 0.902. The molecule has 0 spiro atoms. The van der Waals surface area contributed by atoms with Crippen LogP contribution in [0.25, 0.3) is 10.1 Å². The summed E-state index contributed by atoms with van der Waals surface area (Å²) in [5.41, 5.74) is -0.105. The summed E-state index contributed by atoms with van der Waals surface area (Å²) in [5, 5.41) is 0.970. The molecule has 1 aliphatic rings. The van der Waals surface area contributed by atoms with Gasteiger partial charge in [-0.25, -0.2) is 0 Å². The first-order valence-electron chi connectivity index (χ1n) is 6.68. The number of benzene rings is 1. The van der Waals surface area contributed by atoms with Gasteiger partial charge in [-0.15, -0.1) is 11.3 Å². The topological polar surface area (TPSA) is 35.5 Å². The van der Waals surface area contributed by atoms with Crippen LogP contribution in [0.3, 0.4) is 0 Å². The molecule has 0 atom stereocenters. The highest BCUT2D eigenvalue weighted by Crippen LogP contribution is 2.38. The molecule has 3 nitrogen and oxygen atoms in total. The Morgan fingerprint density at radius 2 is 1.70 bits per heavy atom. The van der Waals surface area contributed by atoms with Crippen molar-refractivity contribution in [1.82, 2.24) is 0 Å². The fourth-order valence-corrected chi connectivity index (χ4v) is 3.46. The van der Waals surface area contributed by atoms with Gasteiger partial charge in [0.1, 0.15) is 0 Å². The molecule has 1 aliphatic heterocycles. The Kier molecular flexibility index (Phi) is 3.05. The van der Waals surface area contributed by atoms with Crippen molar-refractivity contribution in [2.45, 2.75) is 38.9 Å². The molecular weight excluding hydrogens is 271 g/mol. The smallest absolute Gasteiger partial charge is 0.399 e. The van der Waals surface area contributed by atoms with Crippen molar-refractivity contribution in [2.75, 3.05) is 0 Å². The van der Waals surface area contributed by atoms with Crippen LogP contribution < -0.4 is 4.78 Å². The molecule has 0 unspecified atom stereocenters. The summed E-state index contributed by atoms with van der Waals surface area (Å²) in [4.78, 5) is 11.5. The first-order valence-corrected chi connectivity index (χ1v) is 7.49. The monoisotopic (exact) mass is 288 g/mol. The quantitative estimate of drug-likeness (QED) is 0.629. The standard InChI is InChI=1S/C15H17BO3S/c1-14(2)15(3,4)19-16(18-14)13-11(9-17)10-7-5-6-8-12(10)20-13/h5-9H,1-4H3. The molecular formula is C15H17BO3S. The first-order chi connectivity index (χ1) is 9.36. The van der Waals surface area contributed by atoms with E-state index in [-0.39, 0.29) is 0 Å². The van der Waals surface area contributed by atoms with Crippen LogP contribution in [0, 0.1) is 0 Å². The van der Waals surface area contributed by atoms with Gasteiger partial charge in [-0.1, -0.05) is 18.2 Å². The lowest BCUT2D eigenvalue weighted by molar-refractivity contribution is 0.00578. The third-order valence-electron chi connectivity index (χ3n) is 4.25. The number of hydrogen-bond donors (Lipinski definition) is 0. The highest BCUT2D eigenvalue weighted by Gasteiger charge is 2.52. The van der Waals surface area contributed by atoms with E-state index in [1.807, 2.05) is 52.0 Å². The number of carbonyl (C=O) groups is 1. The van der Waals surface area contributed by atoms with E-state index in [4.69, 9.17) is 9.31 Å². The van der Waals surface area contributed by atoms with E-state index in [0.717, 1.165) is 21.1 Å². The Labute approximate surface area is 123 Å². The summed E-state index contributed by atoms with van der Waals surface area (Å²) < 4.78 is 14.0. The minimum absolute atomic E-state index is 0.395. The summed E-state index contributed by atoms with van der Waals surface area (Å²) in [5.74, 6) is 0. The summed E-state index contributed by atoms with van der Waals surface area (Å²) in [6, 6.07) is 7.89. The SMILES string of the molecule is CC1(C)OB(c2sc3ccccc3c2C=O)OC1(C)C. The molecule has 3 rings (SSSR count). The maximum atomic E-state index is 11.5. The number of carbonyl (C=O) groups excluding carboxylic acids is 1. The van der Waals surface area contributed by atoms with Gasteiger partial charge in [-0.3, -0.25) is 4.79 Å². The zero-order chi connectivity index (χ0) is 14.5. The zero-order valence-electron chi connectivity index (χ0n) is 12.1. The Morgan fingerprint density at radius 3 is 2.30 bits per heavy atom. The molecule has 0 saturated carbocycles. The molecule has 2 aromatic rings. The van der Waals surface area contributed by atoms with Crippen molar-refractivity contribution in [1.29, 1.82) is 0 Å². The van der Waals surface area contributed by atoms with Crippen LogP contribution in [0.1, 0.15) is 38.1 Å². The second kappa shape index (κ2) is 4.42. The summed E-state index contributed by atoms with van der Waals surface area (Å²) in [7, 11) is -0.474. The fourth-order valence-electron chi connectivity index (χ4n) is 2.33. The van der Waals surface area contributed by atoms with Gasteiger partial charge < -0.3 is 9.31 Å². The van der Waals surface area contributed by atoms with E-state index in [2.05, 4.69) is 0 Å². The molecule has 5 heteroatoms. The van der Waals surface area contributed by atoms with Crippen LogP contribution in [0.4, 0.5) is 0 Å². The molecule has 20 heavy (non-hydrogen) atoms. The van der Waals surface area contributed by atoms with Crippen LogP contribution in [-0.2, 0) is 9.31 Å². The Morgan fingerprint density at radius 1 is 1.10 bits per heavy atom. The lowest BCUT2D eigenvalue weighted by Crippen LogP contribution is -2.41. The van der Waals surface area contributed by atoms with E-state index in [9.17, 15) is 4.79 Å². The van der Waals surface area contributed by atoms with Crippen LogP contribution in [-0.4, -0.2) is 24.6 Å². The minimum atomic E-state index is -0.474. The number of fused-ring (bicyclic) bond motifs is 1. The normalized spacial score (nSPS) is 20.5. The number of thiophene rings is 1. The maximum Gasteiger partial charge on any atom is 0.506 e. The second-order valence-corrected chi connectivity index (χ2v) is 7.17. The number of aldehydes is 1. The highest BCUT2D eigenvalue weighted by atomic mass is 32.1. The van der Waals surface area contributed by atoms with Crippen LogP contribution in [0.2, 0.25) is 0 Å². The van der Waals surface area contributed by atoms with Crippen molar-refractivity contribution < 1.29 is 14.1 Å². The minimum Gasteiger partial charge on any atom is -0.399 e. The first kappa shape index (κ1) is 13.8. The van der Waals surface area contributed by atoms with Crippen molar-refractivity contribution in [3.05, 3.63) is 29.8 Å². The van der Waals surface area contributed by atoms with E-state index < -0.39 is 18.3 Å². The van der Waals surface area contributed by atoms with Gasteiger partial charge in [0.25, 0.3) is 0 Å². The van der Waals surface area contributed by atoms with Crippen LogP contribution >= 0.6 is 11.3 Å². The predicted octanol–water partition coefficient (Wildman–Crippen LogP) is 3.01. The third-order valence-corrected chi connectivity index (χ3v) is 5.46. The lowest BCUT2D eigenvalue weighted by Gasteiger charge is -2.32. The molecule has 0 amide bonds. The van der Waals surface area contributed by atoms with Gasteiger partial charge in [0.05, 0.1) is 11.2 Å². The van der Waals surface area contributed by atoms with Crippen molar-refractivity contribution in [2.24, 2.45) is 0 Å². The van der Waals surface area contributed by atoms with Crippen LogP contribution in [0.5, 0.6) is 0 Å². The number of hydrogen-bond acceptors (Lipinski definition) is 4. The molecule has 104 valence electrons. The predicted molar refractivity (Wildman–Crippen MR) is 82.9 cm³/mol. The van der Waals surface area contributed by atoms with E-state index in [1.54, 1.807) is 11.3 Å². The molecule has 0 bridgehead atoms. The van der Waals surface area contributed by atoms with Crippen molar-refractivity contribution in [3.8, 4) is 0 Å². The molecule has 1 saturated heterocycles. The van der Waals surface area contributed by atoms with Gasteiger partial charge in [-0.05, 0) is 33.8 Å². The third kappa shape index (κ3) is 1.92. The van der Waals surface area contributed by atoms with Crippen molar-refractivity contribution >= 4 is 39.6 Å². The molecule has 0 N–H and O–H groups in total. The van der Waals surface area contributed by atoms with Crippen molar-refractivity contribution in [3.63, 3.8) is 0 Å². The Balaban J connectivity index is 2.10. The second-order valence-electron chi connectivity index (χ2n) is 6.08. The fraction of sp³-hybridized carbons (Fsp3) is 0.400. The van der Waals surface area contributed by atoms with Gasteiger partial charge in [0.15, 0.2) is 6.29 Å². The van der Waals surface area contributed by atoms with Gasteiger partial charge >= 0.3 is 7.12 Å². The van der Waals surface area contributed by atoms with E-state index in [1.165, 1.54) is 0 Å². The van der Waals surface area contributed by atoms with Gasteiger partial charge in [0.2, 0.25) is 0 Å². The lowest BCUT2D eigenvalue weighted by atomic mass is 9.84. The summed E-state index contributed by atoms with van der Waals surface area (Å²) in [6.45, 7) is 8.06. The molecule has 1 fully saturated rings. The van der Waals surface area contributed by atoms with Gasteiger partial charge in [0, 0.05) is 20.4 Å². The zero-order valence-corrected chi connectivity index (χ0v) is 12.9. The average molecular weight is 288 g/mol. The average Bonchev–Trinajstić information content (AvgIpc) is 2.84. The van der Waals surface area contributed by atoms with E-state index >= 15 is 0 Å². The van der Waals surface area contributed by atoms with Crippen LogP contribution in [0.15, 0.2) is 24.3 Å². The molecule has 1 aromatic heterocycles. The number of rotatable bonds is 2. The Hall–Kier alpha value is -1.17. The summed E-state index contributed by atoms with van der Waals surface area (Å²) >= 11 is 1.57.